The Morgan fingerprint density at radius 2 is 2.11 bits per heavy atom. The van der Waals surface area contributed by atoms with Gasteiger partial charge in [0.15, 0.2) is 0 Å². The van der Waals surface area contributed by atoms with Gasteiger partial charge in [0.2, 0.25) is 0 Å². The SMILES string of the molecule is Cc1cc([N+](=O)[O-])ccc1C(=O)NCC(C)C(=O)O. The highest BCUT2D eigenvalue weighted by atomic mass is 16.6. The summed E-state index contributed by atoms with van der Waals surface area (Å²) in [7, 11) is 0. The molecule has 0 heterocycles. The average Bonchev–Trinajstić information content (AvgIpc) is 2.34. The summed E-state index contributed by atoms with van der Waals surface area (Å²) in [5, 5.41) is 21.7. The van der Waals surface area contributed by atoms with E-state index < -0.39 is 22.7 Å². The minimum absolute atomic E-state index is 0.00456. The van der Waals surface area contributed by atoms with E-state index in [1.165, 1.54) is 25.1 Å². The Bertz CT molecular complexity index is 527. The van der Waals surface area contributed by atoms with Crippen LogP contribution in [0.1, 0.15) is 22.8 Å². The number of nitrogens with zero attached hydrogens (tertiary/aromatic N) is 1. The van der Waals surface area contributed by atoms with Gasteiger partial charge in [0, 0.05) is 24.2 Å². The highest BCUT2D eigenvalue weighted by molar-refractivity contribution is 5.96. The van der Waals surface area contributed by atoms with Crippen molar-refractivity contribution in [3.05, 3.63) is 39.4 Å². The van der Waals surface area contributed by atoms with Crippen LogP contribution in [0.2, 0.25) is 0 Å². The summed E-state index contributed by atoms with van der Waals surface area (Å²) < 4.78 is 0. The third-order valence-corrected chi connectivity index (χ3v) is 2.66. The van der Waals surface area contributed by atoms with E-state index in [2.05, 4.69) is 5.32 Å². The molecule has 0 radical (unpaired) electrons. The minimum Gasteiger partial charge on any atom is -0.481 e. The van der Waals surface area contributed by atoms with E-state index in [1.807, 2.05) is 0 Å². The number of non-ortho nitro benzene ring substituents is 1. The number of rotatable bonds is 5. The number of aryl methyl sites for hydroxylation is 1. The zero-order valence-corrected chi connectivity index (χ0v) is 10.5. The zero-order valence-electron chi connectivity index (χ0n) is 10.5. The van der Waals surface area contributed by atoms with Crippen molar-refractivity contribution in [2.75, 3.05) is 6.54 Å². The van der Waals surface area contributed by atoms with Crippen molar-refractivity contribution in [1.29, 1.82) is 0 Å². The van der Waals surface area contributed by atoms with Crippen molar-refractivity contribution in [3.63, 3.8) is 0 Å². The summed E-state index contributed by atoms with van der Waals surface area (Å²) in [6, 6.07) is 3.90. The fraction of sp³-hybridized carbons (Fsp3) is 0.333. The van der Waals surface area contributed by atoms with Gasteiger partial charge in [-0.05, 0) is 18.6 Å². The number of carbonyl (C=O) groups is 2. The molecule has 0 saturated carbocycles. The first-order valence-corrected chi connectivity index (χ1v) is 5.59. The summed E-state index contributed by atoms with van der Waals surface area (Å²) in [5.41, 5.74) is 0.672. The second-order valence-electron chi connectivity index (χ2n) is 4.21. The molecule has 0 saturated heterocycles. The van der Waals surface area contributed by atoms with E-state index in [4.69, 9.17) is 5.11 Å². The fourth-order valence-electron chi connectivity index (χ4n) is 1.44. The molecule has 0 aliphatic heterocycles. The Kier molecular flexibility index (Phi) is 4.57. The molecule has 1 aromatic carbocycles. The summed E-state index contributed by atoms with van der Waals surface area (Å²) in [6.45, 7) is 3.07. The molecular formula is C12H14N2O5. The lowest BCUT2D eigenvalue weighted by Gasteiger charge is -2.09. The third kappa shape index (κ3) is 3.77. The summed E-state index contributed by atoms with van der Waals surface area (Å²) in [4.78, 5) is 32.4. The number of hydrogen-bond donors (Lipinski definition) is 2. The van der Waals surface area contributed by atoms with Crippen molar-refractivity contribution in [2.24, 2.45) is 5.92 Å². The largest absolute Gasteiger partial charge is 0.481 e. The van der Waals surface area contributed by atoms with Crippen LogP contribution in [0.15, 0.2) is 18.2 Å². The molecule has 1 rings (SSSR count). The molecule has 0 spiro atoms. The van der Waals surface area contributed by atoms with E-state index in [-0.39, 0.29) is 12.2 Å². The first kappa shape index (κ1) is 14.6. The average molecular weight is 266 g/mol. The normalized spacial score (nSPS) is 11.7. The van der Waals surface area contributed by atoms with Crippen LogP contribution in [0.25, 0.3) is 0 Å². The molecule has 0 aliphatic carbocycles. The van der Waals surface area contributed by atoms with Gasteiger partial charge in [0.1, 0.15) is 0 Å². The second-order valence-corrected chi connectivity index (χ2v) is 4.21. The lowest BCUT2D eigenvalue weighted by Crippen LogP contribution is -2.31. The van der Waals surface area contributed by atoms with Crippen molar-refractivity contribution in [3.8, 4) is 0 Å². The number of nitro groups is 1. The second kappa shape index (κ2) is 5.94. The molecule has 1 aromatic rings. The van der Waals surface area contributed by atoms with Gasteiger partial charge in [-0.3, -0.25) is 19.7 Å². The number of aliphatic carboxylic acids is 1. The van der Waals surface area contributed by atoms with Gasteiger partial charge >= 0.3 is 5.97 Å². The number of carboxylic acid groups (broad SMARTS) is 1. The van der Waals surface area contributed by atoms with Crippen LogP contribution in [-0.2, 0) is 4.79 Å². The Morgan fingerprint density at radius 1 is 1.47 bits per heavy atom. The van der Waals surface area contributed by atoms with Crippen LogP contribution in [-0.4, -0.2) is 28.5 Å². The van der Waals surface area contributed by atoms with E-state index >= 15 is 0 Å². The van der Waals surface area contributed by atoms with Gasteiger partial charge in [-0.2, -0.15) is 0 Å². The van der Waals surface area contributed by atoms with Gasteiger partial charge in [-0.1, -0.05) is 6.92 Å². The first-order chi connectivity index (χ1) is 8.82. The lowest BCUT2D eigenvalue weighted by atomic mass is 10.1. The van der Waals surface area contributed by atoms with Crippen LogP contribution >= 0.6 is 0 Å². The summed E-state index contributed by atoms with van der Waals surface area (Å²) in [6.07, 6.45) is 0. The van der Waals surface area contributed by atoms with E-state index in [1.54, 1.807) is 6.92 Å². The van der Waals surface area contributed by atoms with Crippen LogP contribution in [0, 0.1) is 23.0 Å². The third-order valence-electron chi connectivity index (χ3n) is 2.66. The molecule has 1 atom stereocenters. The van der Waals surface area contributed by atoms with Crippen molar-refractivity contribution < 1.29 is 19.6 Å². The van der Waals surface area contributed by atoms with Crippen LogP contribution < -0.4 is 5.32 Å². The van der Waals surface area contributed by atoms with E-state index in [0.29, 0.717) is 11.1 Å². The minimum atomic E-state index is -0.999. The molecule has 1 amide bonds. The van der Waals surface area contributed by atoms with Gasteiger partial charge in [0.25, 0.3) is 11.6 Å². The Labute approximate surface area is 109 Å². The van der Waals surface area contributed by atoms with E-state index in [0.717, 1.165) is 0 Å². The predicted octanol–water partition coefficient (Wildman–Crippen LogP) is 1.35. The maximum absolute atomic E-state index is 11.8. The quantitative estimate of drug-likeness (QED) is 0.617. The first-order valence-electron chi connectivity index (χ1n) is 5.59. The molecule has 0 aliphatic rings. The molecule has 1 unspecified atom stereocenters. The summed E-state index contributed by atoms with van der Waals surface area (Å²) in [5.74, 6) is -2.14. The van der Waals surface area contributed by atoms with Gasteiger partial charge in [-0.25, -0.2) is 0 Å². The lowest BCUT2D eigenvalue weighted by molar-refractivity contribution is -0.384. The molecule has 0 fully saturated rings. The molecule has 0 bridgehead atoms. The summed E-state index contributed by atoms with van der Waals surface area (Å²) >= 11 is 0. The highest BCUT2D eigenvalue weighted by Gasteiger charge is 2.16. The smallest absolute Gasteiger partial charge is 0.308 e. The van der Waals surface area contributed by atoms with Gasteiger partial charge < -0.3 is 10.4 Å². The highest BCUT2D eigenvalue weighted by Crippen LogP contribution is 2.17. The molecule has 102 valence electrons. The number of nitrogens with one attached hydrogen (secondary N) is 1. The molecule has 0 aromatic heterocycles. The number of benzene rings is 1. The Balaban J connectivity index is 2.78. The number of amides is 1. The van der Waals surface area contributed by atoms with Crippen molar-refractivity contribution in [2.45, 2.75) is 13.8 Å². The monoisotopic (exact) mass is 266 g/mol. The number of carboxylic acids is 1. The molecular weight excluding hydrogens is 252 g/mol. The van der Waals surface area contributed by atoms with Crippen molar-refractivity contribution >= 4 is 17.6 Å². The number of hydrogen-bond acceptors (Lipinski definition) is 4. The molecule has 19 heavy (non-hydrogen) atoms. The topological polar surface area (TPSA) is 110 Å². The molecule has 2 N–H and O–H groups in total. The van der Waals surface area contributed by atoms with Crippen LogP contribution in [0.4, 0.5) is 5.69 Å². The number of carbonyl (C=O) groups excluding carboxylic acids is 1. The Morgan fingerprint density at radius 3 is 2.58 bits per heavy atom. The predicted molar refractivity (Wildman–Crippen MR) is 67.0 cm³/mol. The maximum Gasteiger partial charge on any atom is 0.308 e. The van der Waals surface area contributed by atoms with E-state index in [9.17, 15) is 19.7 Å². The van der Waals surface area contributed by atoms with Crippen LogP contribution in [0.3, 0.4) is 0 Å². The molecule has 7 nitrogen and oxygen atoms in total. The van der Waals surface area contributed by atoms with Crippen molar-refractivity contribution in [1.82, 2.24) is 5.32 Å². The maximum atomic E-state index is 11.8. The van der Waals surface area contributed by atoms with Gasteiger partial charge in [-0.15, -0.1) is 0 Å². The number of nitro benzene ring substituents is 1. The molecule has 7 heteroatoms. The van der Waals surface area contributed by atoms with Crippen LogP contribution in [0.5, 0.6) is 0 Å². The zero-order chi connectivity index (χ0) is 14.6. The fourth-order valence-corrected chi connectivity index (χ4v) is 1.44. The standard InChI is InChI=1S/C12H14N2O5/c1-7-5-9(14(18)19)3-4-10(7)11(15)13-6-8(2)12(16)17/h3-5,8H,6H2,1-2H3,(H,13,15)(H,16,17). The Hall–Kier alpha value is -2.44. The van der Waals surface area contributed by atoms with Gasteiger partial charge in [0.05, 0.1) is 10.8 Å².